The van der Waals surface area contributed by atoms with E-state index in [1.807, 2.05) is 13.1 Å². The maximum absolute atomic E-state index is 14.2. The second kappa shape index (κ2) is 13.3. The smallest absolute Gasteiger partial charge is 0.477 e. The van der Waals surface area contributed by atoms with Gasteiger partial charge in [0.1, 0.15) is 17.0 Å². The first kappa shape index (κ1) is 38.8. The number of aliphatic hydroxyl groups is 1. The van der Waals surface area contributed by atoms with Crippen LogP contribution in [-0.4, -0.2) is 94.6 Å². The molecule has 3 aliphatic heterocycles. The molecule has 2 aliphatic carbocycles. The standard InChI is InChI=1S/C41H49NO13/c1-37(2,3)54-35(45)28(22-13-11-10-12-14-22)51-34(44)31-30(52-39(7,8)53-31)33(43)48-25-17-18-41(47)26-21-23-15-16-24(49-36(46)55-38(4,5)6)29-27(23)40(41,32(25)50-29)19-20-42(26)9/h10-17,26,28,30-32,47H,18-21H2,1-9H3/t26-,28-,30+,31+,32-,40-,41+/m0/s1. The van der Waals surface area contributed by atoms with Crippen LogP contribution in [0.15, 0.2) is 54.3 Å². The number of ether oxygens (including phenoxy) is 8. The summed E-state index contributed by atoms with van der Waals surface area (Å²) in [6.07, 6.45) is -3.94. The Balaban J connectivity index is 1.18. The molecule has 1 N–H and O–H groups in total. The Hall–Kier alpha value is -4.50. The third-order valence-corrected chi connectivity index (χ3v) is 10.7. The fourth-order valence-corrected chi connectivity index (χ4v) is 8.57. The molecule has 7 atom stereocenters. The zero-order chi connectivity index (χ0) is 39.9. The summed E-state index contributed by atoms with van der Waals surface area (Å²) < 4.78 is 47.0. The lowest BCUT2D eigenvalue weighted by atomic mass is 9.50. The van der Waals surface area contributed by atoms with Gasteiger partial charge in [0.2, 0.25) is 6.10 Å². The minimum absolute atomic E-state index is 0.0987. The van der Waals surface area contributed by atoms with Gasteiger partial charge in [0, 0.05) is 23.6 Å². The van der Waals surface area contributed by atoms with E-state index in [9.17, 15) is 24.3 Å². The summed E-state index contributed by atoms with van der Waals surface area (Å²) in [5.74, 6) is -3.77. The monoisotopic (exact) mass is 763 g/mol. The number of rotatable bonds is 7. The van der Waals surface area contributed by atoms with Crippen molar-refractivity contribution >= 4 is 24.1 Å². The fourth-order valence-electron chi connectivity index (χ4n) is 8.57. The molecule has 0 saturated carbocycles. The second-order valence-electron chi connectivity index (χ2n) is 17.3. The maximum Gasteiger partial charge on any atom is 0.514 e. The quantitative estimate of drug-likeness (QED) is 0.228. The van der Waals surface area contributed by atoms with Crippen molar-refractivity contribution < 1.29 is 62.2 Å². The fraction of sp³-hybridized carbons (Fsp3) is 0.561. The van der Waals surface area contributed by atoms with Crippen LogP contribution in [0.2, 0.25) is 0 Å². The molecule has 2 fully saturated rings. The molecule has 14 heteroatoms. The maximum atomic E-state index is 14.2. The summed E-state index contributed by atoms with van der Waals surface area (Å²) in [5.41, 5.74) is -2.13. The molecule has 3 heterocycles. The number of piperidine rings is 1. The van der Waals surface area contributed by atoms with Crippen LogP contribution in [0.5, 0.6) is 11.5 Å². The van der Waals surface area contributed by atoms with Crippen LogP contribution in [0.25, 0.3) is 0 Å². The number of likely N-dealkylation sites (N-methyl/N-ethyl adjacent to an activating group) is 1. The normalized spacial score (nSPS) is 29.5. The second-order valence-corrected chi connectivity index (χ2v) is 17.3. The highest BCUT2D eigenvalue weighted by Crippen LogP contribution is 2.65. The number of hydrogen-bond donors (Lipinski definition) is 1. The summed E-state index contributed by atoms with van der Waals surface area (Å²) in [7, 11) is 1.97. The lowest BCUT2D eigenvalue weighted by Crippen LogP contribution is -2.74. The Morgan fingerprint density at radius 1 is 0.891 bits per heavy atom. The van der Waals surface area contributed by atoms with Crippen LogP contribution >= 0.6 is 0 Å². The van der Waals surface area contributed by atoms with E-state index >= 15 is 0 Å². The highest BCUT2D eigenvalue weighted by molar-refractivity contribution is 5.89. The van der Waals surface area contributed by atoms with Crippen LogP contribution in [0, 0.1) is 0 Å². The van der Waals surface area contributed by atoms with Crippen molar-refractivity contribution in [2.24, 2.45) is 0 Å². The van der Waals surface area contributed by atoms with E-state index in [4.69, 9.17) is 37.9 Å². The van der Waals surface area contributed by atoms with Gasteiger partial charge in [0.05, 0.1) is 11.0 Å². The third-order valence-electron chi connectivity index (χ3n) is 10.7. The molecular weight excluding hydrogens is 714 g/mol. The Morgan fingerprint density at radius 3 is 2.20 bits per heavy atom. The largest absolute Gasteiger partial charge is 0.514 e. The van der Waals surface area contributed by atoms with Crippen molar-refractivity contribution in [2.75, 3.05) is 13.6 Å². The highest BCUT2D eigenvalue weighted by atomic mass is 16.8. The van der Waals surface area contributed by atoms with Gasteiger partial charge < -0.3 is 47.9 Å². The van der Waals surface area contributed by atoms with E-state index in [0.29, 0.717) is 30.5 Å². The molecule has 1 spiro atoms. The van der Waals surface area contributed by atoms with Crippen molar-refractivity contribution in [1.82, 2.24) is 4.90 Å². The first-order chi connectivity index (χ1) is 25.6. The third kappa shape index (κ3) is 6.87. The molecule has 2 bridgehead atoms. The van der Waals surface area contributed by atoms with E-state index in [0.717, 1.165) is 5.56 Å². The first-order valence-corrected chi connectivity index (χ1v) is 18.5. The molecular formula is C41H49NO13. The lowest BCUT2D eigenvalue weighted by Gasteiger charge is -2.61. The summed E-state index contributed by atoms with van der Waals surface area (Å²) in [5, 5.41) is 12.7. The topological polar surface area (TPSA) is 166 Å². The Morgan fingerprint density at radius 2 is 1.55 bits per heavy atom. The number of carbonyl (C=O) groups excluding carboxylic acids is 4. The molecule has 5 aliphatic rings. The number of nitrogens with zero attached hydrogens (tertiary/aromatic N) is 1. The minimum atomic E-state index is -1.63. The van der Waals surface area contributed by atoms with Gasteiger partial charge in [-0.3, -0.25) is 0 Å². The lowest BCUT2D eigenvalue weighted by molar-refractivity contribution is -0.186. The molecule has 55 heavy (non-hydrogen) atoms. The predicted molar refractivity (Wildman–Crippen MR) is 193 cm³/mol. The van der Waals surface area contributed by atoms with Crippen LogP contribution in [0.4, 0.5) is 4.79 Å². The molecule has 2 aromatic rings. The van der Waals surface area contributed by atoms with Crippen molar-refractivity contribution in [1.29, 1.82) is 0 Å². The molecule has 0 amide bonds. The van der Waals surface area contributed by atoms with Crippen LogP contribution in [0.1, 0.15) is 91.0 Å². The van der Waals surface area contributed by atoms with Gasteiger partial charge in [0.15, 0.2) is 35.6 Å². The van der Waals surface area contributed by atoms with Gasteiger partial charge >= 0.3 is 24.1 Å². The molecule has 0 aromatic heterocycles. The molecule has 0 unspecified atom stereocenters. The van der Waals surface area contributed by atoms with E-state index in [2.05, 4.69) is 4.90 Å². The van der Waals surface area contributed by atoms with Gasteiger partial charge in [-0.25, -0.2) is 19.2 Å². The molecule has 0 radical (unpaired) electrons. The summed E-state index contributed by atoms with van der Waals surface area (Å²) in [4.78, 5) is 56.3. The van der Waals surface area contributed by atoms with Crippen molar-refractivity contribution in [3.05, 3.63) is 71.0 Å². The van der Waals surface area contributed by atoms with Gasteiger partial charge in [0.25, 0.3) is 0 Å². The van der Waals surface area contributed by atoms with Gasteiger partial charge in [-0.05, 0) is 99.5 Å². The van der Waals surface area contributed by atoms with Crippen LogP contribution in [0.3, 0.4) is 0 Å². The molecule has 296 valence electrons. The SMILES string of the molecule is CN1CC[C@]23c4c5ccc(OC(=O)OC(C)(C)C)c4O[C@H]2C(OC(=O)[C@@H]2OC(C)(C)O[C@H]2C(=O)O[C@H](C(=O)OC(C)(C)C)c2ccccc2)=CC[C@@]3(O)[C@@H]1C5. The van der Waals surface area contributed by atoms with Crippen LogP contribution in [-0.2, 0) is 54.6 Å². The number of carbonyl (C=O) groups is 4. The zero-order valence-corrected chi connectivity index (χ0v) is 32.6. The predicted octanol–water partition coefficient (Wildman–Crippen LogP) is 4.97. The highest BCUT2D eigenvalue weighted by Gasteiger charge is 2.72. The Bertz CT molecular complexity index is 1930. The van der Waals surface area contributed by atoms with Crippen molar-refractivity contribution in [3.8, 4) is 11.5 Å². The van der Waals surface area contributed by atoms with E-state index in [-0.39, 0.29) is 29.7 Å². The first-order valence-electron chi connectivity index (χ1n) is 18.5. The van der Waals surface area contributed by atoms with Gasteiger partial charge in [-0.15, -0.1) is 0 Å². The van der Waals surface area contributed by atoms with E-state index < -0.39 is 76.5 Å². The van der Waals surface area contributed by atoms with E-state index in [1.54, 1.807) is 84.0 Å². The molecule has 7 rings (SSSR count). The number of benzene rings is 2. The summed E-state index contributed by atoms with van der Waals surface area (Å²) in [6, 6.07) is 11.6. The average molecular weight is 764 g/mol. The number of likely N-dealkylation sites (tertiary alicyclic amines) is 1. The number of hydrogen-bond acceptors (Lipinski definition) is 14. The average Bonchev–Trinajstić information content (AvgIpc) is 3.61. The Kier molecular flexibility index (Phi) is 9.39. The zero-order valence-electron chi connectivity index (χ0n) is 32.6. The van der Waals surface area contributed by atoms with Gasteiger partial charge in [-0.1, -0.05) is 36.4 Å². The molecule has 14 nitrogen and oxygen atoms in total. The van der Waals surface area contributed by atoms with Crippen LogP contribution < -0.4 is 9.47 Å². The molecule has 2 saturated heterocycles. The Labute approximate surface area is 319 Å². The summed E-state index contributed by atoms with van der Waals surface area (Å²) in [6.45, 7) is 13.9. The van der Waals surface area contributed by atoms with E-state index in [1.165, 1.54) is 13.8 Å². The van der Waals surface area contributed by atoms with Gasteiger partial charge in [-0.2, -0.15) is 0 Å². The van der Waals surface area contributed by atoms with Crippen molar-refractivity contribution in [3.63, 3.8) is 0 Å². The minimum Gasteiger partial charge on any atom is -0.477 e. The van der Waals surface area contributed by atoms with Crippen molar-refractivity contribution in [2.45, 2.75) is 133 Å². The number of esters is 3. The molecule has 2 aromatic carbocycles. The summed E-state index contributed by atoms with van der Waals surface area (Å²) >= 11 is 0.